The van der Waals surface area contributed by atoms with Crippen molar-refractivity contribution in [2.45, 2.75) is 45.1 Å². The van der Waals surface area contributed by atoms with Gasteiger partial charge in [-0.25, -0.2) is 9.67 Å². The number of rotatable bonds is 10. The van der Waals surface area contributed by atoms with Crippen LogP contribution in [0, 0.1) is 5.92 Å². The number of amides is 1. The number of aliphatic hydroxyl groups excluding tert-OH is 2. The van der Waals surface area contributed by atoms with Crippen LogP contribution in [-0.4, -0.2) is 58.4 Å². The molecule has 15 heteroatoms. The largest absolute Gasteiger partial charge is 0.433 e. The monoisotopic (exact) mass is 511 g/mol. The maximum absolute atomic E-state index is 13.0. The standard InChI is InChI=1S/C21H24F3N7O5/c1-12(2)7-15(19(35)28-17-4-6-30(29-17)10-13(33)11-32)31-18(34)8-14(9-26-31)36-20-25-5-3-16(27-20)21(22,23)24/h3-6,8-9,12-13,15,32-33H,7,10-11H2,1-2H3,(H,28,29,35)/t13-,15?/m1/s1. The molecule has 1 unspecified atom stereocenters. The van der Waals surface area contributed by atoms with Crippen molar-refractivity contribution in [2.75, 3.05) is 11.9 Å². The zero-order valence-electron chi connectivity index (χ0n) is 19.3. The number of hydrogen-bond donors (Lipinski definition) is 3. The van der Waals surface area contributed by atoms with E-state index in [0.29, 0.717) is 6.07 Å². The van der Waals surface area contributed by atoms with Crippen LogP contribution in [0.4, 0.5) is 19.0 Å². The Morgan fingerprint density at radius 2 is 2.03 bits per heavy atom. The Morgan fingerprint density at radius 1 is 1.28 bits per heavy atom. The van der Waals surface area contributed by atoms with Crippen molar-refractivity contribution in [3.8, 4) is 11.8 Å². The third-order valence-electron chi connectivity index (χ3n) is 4.73. The fourth-order valence-electron chi connectivity index (χ4n) is 3.12. The molecule has 0 spiro atoms. The molecule has 0 aliphatic carbocycles. The van der Waals surface area contributed by atoms with E-state index in [1.54, 1.807) is 0 Å². The number of aromatic nitrogens is 6. The van der Waals surface area contributed by atoms with E-state index in [4.69, 9.17) is 9.84 Å². The minimum atomic E-state index is -4.70. The van der Waals surface area contributed by atoms with Gasteiger partial charge in [0.05, 0.1) is 25.5 Å². The molecule has 1 amide bonds. The molecule has 0 radical (unpaired) electrons. The Morgan fingerprint density at radius 3 is 2.67 bits per heavy atom. The molecule has 0 aliphatic heterocycles. The molecule has 2 atom stereocenters. The van der Waals surface area contributed by atoms with Gasteiger partial charge < -0.3 is 20.3 Å². The van der Waals surface area contributed by atoms with E-state index >= 15 is 0 Å². The Labute approximate surface area is 202 Å². The number of anilines is 1. The Balaban J connectivity index is 1.79. The zero-order chi connectivity index (χ0) is 26.5. The first-order chi connectivity index (χ1) is 17.0. The smallest absolute Gasteiger partial charge is 0.422 e. The van der Waals surface area contributed by atoms with Gasteiger partial charge in [-0.1, -0.05) is 13.8 Å². The van der Waals surface area contributed by atoms with E-state index in [0.717, 1.165) is 23.1 Å². The number of halogens is 3. The van der Waals surface area contributed by atoms with Crippen LogP contribution in [0.2, 0.25) is 0 Å². The van der Waals surface area contributed by atoms with E-state index in [-0.39, 0.29) is 30.5 Å². The summed E-state index contributed by atoms with van der Waals surface area (Å²) in [4.78, 5) is 32.6. The molecule has 0 saturated heterocycles. The average Bonchev–Trinajstić information content (AvgIpc) is 3.23. The molecule has 3 heterocycles. The number of ether oxygens (including phenoxy) is 1. The Bertz CT molecular complexity index is 1240. The minimum absolute atomic E-state index is 0.0128. The maximum Gasteiger partial charge on any atom is 0.433 e. The van der Waals surface area contributed by atoms with Crippen LogP contribution in [0.3, 0.4) is 0 Å². The van der Waals surface area contributed by atoms with Crippen molar-refractivity contribution < 1.29 is 32.9 Å². The summed E-state index contributed by atoms with van der Waals surface area (Å²) in [5.74, 6) is -0.642. The summed E-state index contributed by atoms with van der Waals surface area (Å²) in [6.07, 6.45) is -2.05. The van der Waals surface area contributed by atoms with E-state index in [2.05, 4.69) is 25.5 Å². The summed E-state index contributed by atoms with van der Waals surface area (Å²) in [7, 11) is 0. The highest BCUT2D eigenvalue weighted by atomic mass is 19.4. The summed E-state index contributed by atoms with van der Waals surface area (Å²) in [5.41, 5.74) is -1.95. The predicted molar refractivity (Wildman–Crippen MR) is 118 cm³/mol. The third-order valence-corrected chi connectivity index (χ3v) is 4.73. The van der Waals surface area contributed by atoms with Gasteiger partial charge in [-0.05, 0) is 18.4 Å². The highest BCUT2D eigenvalue weighted by molar-refractivity contribution is 5.92. The van der Waals surface area contributed by atoms with Crippen LogP contribution in [0.25, 0.3) is 0 Å². The van der Waals surface area contributed by atoms with Crippen LogP contribution in [0.5, 0.6) is 11.8 Å². The fraction of sp³-hybridized carbons (Fsp3) is 0.429. The zero-order valence-corrected chi connectivity index (χ0v) is 19.3. The molecule has 36 heavy (non-hydrogen) atoms. The molecule has 0 aromatic carbocycles. The van der Waals surface area contributed by atoms with Gasteiger partial charge in [-0.3, -0.25) is 14.3 Å². The van der Waals surface area contributed by atoms with E-state index in [1.807, 2.05) is 13.8 Å². The number of nitrogens with zero attached hydrogens (tertiary/aromatic N) is 6. The third kappa shape index (κ3) is 7.08. The van der Waals surface area contributed by atoms with Crippen LogP contribution in [0.15, 0.2) is 41.6 Å². The number of carbonyl (C=O) groups excluding carboxylic acids is 1. The number of carbonyl (C=O) groups is 1. The first-order valence-corrected chi connectivity index (χ1v) is 10.8. The topological polar surface area (TPSA) is 157 Å². The summed E-state index contributed by atoms with van der Waals surface area (Å²) >= 11 is 0. The summed E-state index contributed by atoms with van der Waals surface area (Å²) in [6.45, 7) is 3.25. The molecule has 3 aromatic heterocycles. The van der Waals surface area contributed by atoms with Crippen molar-refractivity contribution in [3.63, 3.8) is 0 Å². The van der Waals surface area contributed by atoms with Gasteiger partial charge in [0.15, 0.2) is 17.3 Å². The second kappa shape index (κ2) is 11.3. The first-order valence-electron chi connectivity index (χ1n) is 10.8. The molecular formula is C21H24F3N7O5. The minimum Gasteiger partial charge on any atom is -0.422 e. The Hall–Kier alpha value is -3.85. The quantitative estimate of drug-likeness (QED) is 0.368. The average molecular weight is 511 g/mol. The highest BCUT2D eigenvalue weighted by Crippen LogP contribution is 2.28. The SMILES string of the molecule is CC(C)CC(C(=O)Nc1ccn(C[C@@H](O)CO)n1)n1ncc(Oc2nccc(C(F)(F)F)n2)cc1=O. The van der Waals surface area contributed by atoms with Gasteiger partial charge in [0.1, 0.15) is 6.04 Å². The molecule has 194 valence electrons. The highest BCUT2D eigenvalue weighted by Gasteiger charge is 2.33. The van der Waals surface area contributed by atoms with Crippen molar-refractivity contribution >= 4 is 11.7 Å². The summed E-state index contributed by atoms with van der Waals surface area (Å²) < 4.78 is 46.0. The van der Waals surface area contributed by atoms with Crippen molar-refractivity contribution in [3.05, 3.63) is 52.8 Å². The summed E-state index contributed by atoms with van der Waals surface area (Å²) in [5, 5.41) is 29.1. The van der Waals surface area contributed by atoms with Crippen LogP contribution < -0.4 is 15.6 Å². The van der Waals surface area contributed by atoms with Crippen molar-refractivity contribution in [2.24, 2.45) is 5.92 Å². The normalized spacial score (nSPS) is 13.4. The number of alkyl halides is 3. The van der Waals surface area contributed by atoms with E-state index < -0.39 is 48.1 Å². The van der Waals surface area contributed by atoms with E-state index in [9.17, 15) is 27.9 Å². The molecule has 3 rings (SSSR count). The molecule has 0 saturated carbocycles. The lowest BCUT2D eigenvalue weighted by Gasteiger charge is -2.19. The van der Waals surface area contributed by atoms with Gasteiger partial charge in [0.25, 0.3) is 11.5 Å². The lowest BCUT2D eigenvalue weighted by molar-refractivity contribution is -0.141. The van der Waals surface area contributed by atoms with Gasteiger partial charge in [-0.2, -0.15) is 28.4 Å². The lowest BCUT2D eigenvalue weighted by atomic mass is 10.0. The Kier molecular flexibility index (Phi) is 8.37. The molecule has 3 aromatic rings. The maximum atomic E-state index is 13.0. The van der Waals surface area contributed by atoms with Crippen LogP contribution >= 0.6 is 0 Å². The number of hydrogen-bond acceptors (Lipinski definition) is 9. The summed E-state index contributed by atoms with van der Waals surface area (Å²) in [6, 6.07) is 1.46. The molecule has 3 N–H and O–H groups in total. The second-order valence-corrected chi connectivity index (χ2v) is 8.19. The van der Waals surface area contributed by atoms with Crippen molar-refractivity contribution in [1.29, 1.82) is 0 Å². The van der Waals surface area contributed by atoms with Crippen LogP contribution in [0.1, 0.15) is 32.0 Å². The second-order valence-electron chi connectivity index (χ2n) is 8.19. The van der Waals surface area contributed by atoms with Crippen LogP contribution in [-0.2, 0) is 17.5 Å². The molecule has 0 bridgehead atoms. The van der Waals surface area contributed by atoms with Gasteiger partial charge >= 0.3 is 12.2 Å². The molecule has 0 aliphatic rings. The molecular weight excluding hydrogens is 487 g/mol. The molecule has 0 fully saturated rings. The number of aliphatic hydroxyl groups is 2. The number of nitrogens with one attached hydrogen (secondary N) is 1. The fourth-order valence-corrected chi connectivity index (χ4v) is 3.12. The first kappa shape index (κ1) is 26.7. The van der Waals surface area contributed by atoms with Gasteiger partial charge in [0, 0.05) is 24.5 Å². The van der Waals surface area contributed by atoms with Gasteiger partial charge in [0.2, 0.25) is 0 Å². The van der Waals surface area contributed by atoms with Gasteiger partial charge in [-0.15, -0.1) is 0 Å². The van der Waals surface area contributed by atoms with E-state index in [1.165, 1.54) is 16.9 Å². The lowest BCUT2D eigenvalue weighted by Crippen LogP contribution is -2.35. The van der Waals surface area contributed by atoms with Crippen molar-refractivity contribution in [1.82, 2.24) is 29.5 Å². The molecule has 12 nitrogen and oxygen atoms in total. The predicted octanol–water partition coefficient (Wildman–Crippen LogP) is 1.62.